The summed E-state index contributed by atoms with van der Waals surface area (Å²) in [6, 6.07) is 8.22. The fourth-order valence-corrected chi connectivity index (χ4v) is 5.32. The van der Waals surface area contributed by atoms with Gasteiger partial charge in [-0.05, 0) is 49.2 Å². The molecule has 3 rings (SSSR count). The normalized spacial score (nSPS) is 18.4. The van der Waals surface area contributed by atoms with Gasteiger partial charge in [0, 0.05) is 19.0 Å². The van der Waals surface area contributed by atoms with E-state index in [9.17, 15) is 23.1 Å². The number of hydrogen-bond donors (Lipinski definition) is 2. The number of sulfonamides is 1. The van der Waals surface area contributed by atoms with E-state index in [1.807, 2.05) is 6.92 Å². The Hall–Kier alpha value is -3.15. The number of anilines is 1. The minimum atomic E-state index is -4.07. The summed E-state index contributed by atoms with van der Waals surface area (Å²) in [6.07, 6.45) is -1.16. The number of carbonyl (C=O) groups excluding carboxylic acids is 2. The van der Waals surface area contributed by atoms with Crippen LogP contribution in [0.3, 0.4) is 0 Å². The van der Waals surface area contributed by atoms with E-state index in [4.69, 9.17) is 14.2 Å². The molecule has 1 saturated heterocycles. The number of benzene rings is 2. The molecule has 10 nitrogen and oxygen atoms in total. The molecule has 2 aromatic rings. The van der Waals surface area contributed by atoms with Crippen LogP contribution >= 0.6 is 0 Å². The summed E-state index contributed by atoms with van der Waals surface area (Å²) < 4.78 is 42.7. The van der Waals surface area contributed by atoms with Crippen molar-refractivity contribution in [3.8, 4) is 11.5 Å². The van der Waals surface area contributed by atoms with Gasteiger partial charge in [-0.1, -0.05) is 6.07 Å². The molecule has 0 bridgehead atoms. The third kappa shape index (κ3) is 5.49. The Kier molecular flexibility index (Phi) is 7.80. The molecule has 0 saturated carbocycles. The van der Waals surface area contributed by atoms with Gasteiger partial charge in [-0.25, -0.2) is 8.42 Å². The second kappa shape index (κ2) is 10.4. The molecule has 1 aliphatic heterocycles. The topological polar surface area (TPSA) is 131 Å². The number of ether oxygens (including phenoxy) is 3. The van der Waals surface area contributed by atoms with Crippen molar-refractivity contribution in [2.75, 3.05) is 32.7 Å². The zero-order valence-corrected chi connectivity index (χ0v) is 20.2. The van der Waals surface area contributed by atoms with Crippen LogP contribution in [0.25, 0.3) is 0 Å². The maximum Gasteiger partial charge on any atom is 0.325 e. The molecule has 2 aromatic carbocycles. The highest BCUT2D eigenvalue weighted by atomic mass is 32.2. The van der Waals surface area contributed by atoms with Crippen molar-refractivity contribution in [2.45, 2.75) is 37.3 Å². The van der Waals surface area contributed by atoms with Crippen LogP contribution in [-0.2, 0) is 24.3 Å². The molecule has 34 heavy (non-hydrogen) atoms. The predicted octanol–water partition coefficient (Wildman–Crippen LogP) is 1.63. The lowest BCUT2D eigenvalue weighted by molar-refractivity contribution is -0.150. The van der Waals surface area contributed by atoms with Gasteiger partial charge in [0.2, 0.25) is 10.0 Å². The molecule has 2 atom stereocenters. The molecule has 2 N–H and O–H groups in total. The summed E-state index contributed by atoms with van der Waals surface area (Å²) >= 11 is 0. The van der Waals surface area contributed by atoms with E-state index in [2.05, 4.69) is 5.32 Å². The molecule has 184 valence electrons. The minimum Gasteiger partial charge on any atom is -0.497 e. The van der Waals surface area contributed by atoms with E-state index in [0.29, 0.717) is 17.2 Å². The van der Waals surface area contributed by atoms with Crippen molar-refractivity contribution in [3.05, 3.63) is 47.5 Å². The highest BCUT2D eigenvalue weighted by Gasteiger charge is 2.44. The van der Waals surface area contributed by atoms with Crippen molar-refractivity contribution in [3.63, 3.8) is 0 Å². The van der Waals surface area contributed by atoms with Crippen LogP contribution in [0.1, 0.15) is 17.5 Å². The maximum absolute atomic E-state index is 13.2. The lowest BCUT2D eigenvalue weighted by atomic mass is 10.1. The van der Waals surface area contributed by atoms with E-state index in [-0.39, 0.29) is 17.9 Å². The van der Waals surface area contributed by atoms with Crippen molar-refractivity contribution in [2.24, 2.45) is 0 Å². The standard InChI is InChI=1S/C23H28N2O8S/c1-14-5-7-18(9-15(14)2)34(29,30)25-12-16(26)10-20(25)23(28)33-13-22(27)24-19-11-17(31-3)6-8-21(19)32-4/h5-9,11,16,20,26H,10,12-13H2,1-4H3,(H,24,27). The SMILES string of the molecule is COc1ccc(OC)c(NC(=O)COC(=O)C2CC(O)CN2S(=O)(=O)c2ccc(C)c(C)c2)c1. The Bertz CT molecular complexity index is 1180. The number of nitrogens with zero attached hydrogens (tertiary/aromatic N) is 1. The van der Waals surface area contributed by atoms with Crippen LogP contribution < -0.4 is 14.8 Å². The molecule has 1 heterocycles. The molecule has 0 aromatic heterocycles. The maximum atomic E-state index is 13.2. The molecular weight excluding hydrogens is 464 g/mol. The summed E-state index contributed by atoms with van der Waals surface area (Å²) in [6.45, 7) is 2.75. The van der Waals surface area contributed by atoms with Crippen LogP contribution in [0.15, 0.2) is 41.3 Å². The van der Waals surface area contributed by atoms with Gasteiger partial charge in [-0.15, -0.1) is 0 Å². The average Bonchev–Trinajstić information content (AvgIpc) is 3.21. The van der Waals surface area contributed by atoms with Gasteiger partial charge in [-0.3, -0.25) is 9.59 Å². The summed E-state index contributed by atoms with van der Waals surface area (Å²) in [7, 11) is -1.15. The third-order valence-corrected chi connectivity index (χ3v) is 7.49. The van der Waals surface area contributed by atoms with E-state index >= 15 is 0 Å². The number of rotatable bonds is 8. The molecular formula is C23H28N2O8S. The van der Waals surface area contributed by atoms with E-state index in [1.165, 1.54) is 26.4 Å². The monoisotopic (exact) mass is 492 g/mol. The molecule has 0 radical (unpaired) electrons. The molecule has 0 aliphatic carbocycles. The first-order valence-corrected chi connectivity index (χ1v) is 12.0. The minimum absolute atomic E-state index is 0.0189. The van der Waals surface area contributed by atoms with E-state index in [1.54, 1.807) is 31.2 Å². The van der Waals surface area contributed by atoms with Crippen molar-refractivity contribution < 1.29 is 37.3 Å². The molecule has 1 aliphatic rings. The van der Waals surface area contributed by atoms with E-state index < -0.39 is 40.7 Å². The van der Waals surface area contributed by atoms with Gasteiger partial charge < -0.3 is 24.6 Å². The summed E-state index contributed by atoms with van der Waals surface area (Å²) in [5, 5.41) is 12.7. The van der Waals surface area contributed by atoms with Gasteiger partial charge in [0.15, 0.2) is 6.61 Å². The van der Waals surface area contributed by atoms with Crippen LogP contribution in [0, 0.1) is 13.8 Å². The second-order valence-corrected chi connectivity index (χ2v) is 9.84. The first-order valence-electron chi connectivity index (χ1n) is 10.5. The van der Waals surface area contributed by atoms with Crippen molar-refractivity contribution in [1.82, 2.24) is 4.31 Å². The number of nitrogens with one attached hydrogen (secondary N) is 1. The van der Waals surface area contributed by atoms with Crippen LogP contribution in [-0.4, -0.2) is 69.2 Å². The number of aryl methyl sites for hydroxylation is 2. The fourth-order valence-electron chi connectivity index (χ4n) is 3.60. The quantitative estimate of drug-likeness (QED) is 0.532. The Morgan fingerprint density at radius 3 is 2.47 bits per heavy atom. The summed E-state index contributed by atoms with van der Waals surface area (Å²) in [5.74, 6) is -0.705. The van der Waals surface area contributed by atoms with Gasteiger partial charge in [0.05, 0.1) is 30.9 Å². The number of esters is 1. The molecule has 2 unspecified atom stereocenters. The van der Waals surface area contributed by atoms with Gasteiger partial charge in [0.25, 0.3) is 5.91 Å². The summed E-state index contributed by atoms with van der Waals surface area (Å²) in [5.41, 5.74) is 2.03. The number of aliphatic hydroxyl groups is 1. The first-order chi connectivity index (χ1) is 16.1. The molecule has 0 spiro atoms. The lowest BCUT2D eigenvalue weighted by Crippen LogP contribution is -2.42. The predicted molar refractivity (Wildman–Crippen MR) is 123 cm³/mol. The largest absolute Gasteiger partial charge is 0.497 e. The first kappa shape index (κ1) is 25.5. The smallest absolute Gasteiger partial charge is 0.325 e. The Labute approximate surface area is 198 Å². The number of methoxy groups -OCH3 is 2. The molecule has 1 fully saturated rings. The number of aliphatic hydroxyl groups excluding tert-OH is 1. The highest BCUT2D eigenvalue weighted by Crippen LogP contribution is 2.30. The third-order valence-electron chi connectivity index (χ3n) is 5.62. The Morgan fingerprint density at radius 1 is 1.09 bits per heavy atom. The van der Waals surface area contributed by atoms with Gasteiger partial charge in [-0.2, -0.15) is 4.31 Å². The number of amides is 1. The van der Waals surface area contributed by atoms with Crippen LogP contribution in [0.2, 0.25) is 0 Å². The number of hydrogen-bond acceptors (Lipinski definition) is 8. The second-order valence-electron chi connectivity index (χ2n) is 7.95. The summed E-state index contributed by atoms with van der Waals surface area (Å²) in [4.78, 5) is 25.1. The van der Waals surface area contributed by atoms with Crippen LogP contribution in [0.5, 0.6) is 11.5 Å². The molecule has 11 heteroatoms. The van der Waals surface area contributed by atoms with Gasteiger partial charge in [0.1, 0.15) is 17.5 Å². The fraction of sp³-hybridized carbons (Fsp3) is 0.391. The number of β-amino-alcohol motifs (C(OH)–C–C–N with tert-alkyl or cyclic N) is 1. The van der Waals surface area contributed by atoms with Gasteiger partial charge >= 0.3 is 5.97 Å². The number of carbonyl (C=O) groups is 2. The average molecular weight is 493 g/mol. The lowest BCUT2D eigenvalue weighted by Gasteiger charge is -2.22. The Morgan fingerprint density at radius 2 is 1.82 bits per heavy atom. The van der Waals surface area contributed by atoms with E-state index in [0.717, 1.165) is 15.4 Å². The van der Waals surface area contributed by atoms with Crippen molar-refractivity contribution in [1.29, 1.82) is 0 Å². The van der Waals surface area contributed by atoms with Crippen LogP contribution in [0.4, 0.5) is 5.69 Å². The zero-order valence-electron chi connectivity index (χ0n) is 19.4. The highest BCUT2D eigenvalue weighted by molar-refractivity contribution is 7.89. The zero-order chi connectivity index (χ0) is 25.0. The molecule has 1 amide bonds. The van der Waals surface area contributed by atoms with Crippen molar-refractivity contribution >= 4 is 27.6 Å². The Balaban J connectivity index is 1.70.